The molecule has 0 saturated heterocycles. The lowest BCUT2D eigenvalue weighted by Crippen LogP contribution is -2.11. The Kier molecular flexibility index (Phi) is 4.15. The van der Waals surface area contributed by atoms with Crippen LogP contribution in [0.25, 0.3) is 10.6 Å². The van der Waals surface area contributed by atoms with Crippen molar-refractivity contribution in [3.05, 3.63) is 40.4 Å². The van der Waals surface area contributed by atoms with E-state index >= 15 is 0 Å². The first-order chi connectivity index (χ1) is 9.32. The maximum Gasteiger partial charge on any atom is 0.416 e. The molecule has 0 saturated carbocycles. The van der Waals surface area contributed by atoms with Crippen LogP contribution < -0.4 is 5.32 Å². The van der Waals surface area contributed by atoms with Crippen molar-refractivity contribution < 1.29 is 13.2 Å². The third kappa shape index (κ3) is 3.02. The number of thiazole rings is 1. The number of rotatable bonds is 3. The molecule has 0 aliphatic heterocycles. The predicted octanol–water partition coefficient (Wildman–Crippen LogP) is 4.42. The smallest absolute Gasteiger partial charge is 0.312 e. The van der Waals surface area contributed by atoms with Crippen molar-refractivity contribution in [2.75, 3.05) is 7.05 Å². The quantitative estimate of drug-likeness (QED) is 0.907. The molecule has 1 unspecified atom stereocenters. The molecule has 1 N–H and O–H groups in total. The molecule has 0 aliphatic carbocycles. The van der Waals surface area contributed by atoms with E-state index in [0.29, 0.717) is 5.56 Å². The molecule has 2 aromatic rings. The number of nitrogens with zero attached hydrogens (tertiary/aromatic N) is 1. The number of hydrogen-bond donors (Lipinski definition) is 1. The number of hydrogen-bond acceptors (Lipinski definition) is 3. The molecule has 20 heavy (non-hydrogen) atoms. The highest BCUT2D eigenvalue weighted by molar-refractivity contribution is 7.15. The highest BCUT2D eigenvalue weighted by atomic mass is 32.1. The van der Waals surface area contributed by atoms with Crippen molar-refractivity contribution in [1.82, 2.24) is 10.3 Å². The minimum Gasteiger partial charge on any atom is -0.312 e. The van der Waals surface area contributed by atoms with Gasteiger partial charge in [0.15, 0.2) is 0 Å². The maximum absolute atomic E-state index is 12.5. The summed E-state index contributed by atoms with van der Waals surface area (Å²) in [6.07, 6.45) is -4.30. The normalized spacial score (nSPS) is 13.5. The lowest BCUT2D eigenvalue weighted by Gasteiger charge is -2.07. The van der Waals surface area contributed by atoms with E-state index in [-0.39, 0.29) is 6.04 Å². The number of aryl methyl sites for hydroxylation is 1. The summed E-state index contributed by atoms with van der Waals surface area (Å²) < 4.78 is 37.6. The Morgan fingerprint density at radius 2 is 1.80 bits per heavy atom. The zero-order valence-electron chi connectivity index (χ0n) is 11.4. The van der Waals surface area contributed by atoms with Crippen LogP contribution in [0.2, 0.25) is 0 Å². The molecule has 1 aromatic heterocycles. The minimum absolute atomic E-state index is 0.177. The molecule has 6 heteroatoms. The summed E-state index contributed by atoms with van der Waals surface area (Å²) in [7, 11) is 1.86. The lowest BCUT2D eigenvalue weighted by molar-refractivity contribution is -0.137. The van der Waals surface area contributed by atoms with Crippen molar-refractivity contribution in [3.8, 4) is 10.6 Å². The molecule has 1 atom stereocenters. The highest BCUT2D eigenvalue weighted by Gasteiger charge is 2.30. The maximum atomic E-state index is 12.5. The molecule has 0 amide bonds. The second-order valence-electron chi connectivity index (χ2n) is 4.55. The Hall–Kier alpha value is -1.40. The summed E-state index contributed by atoms with van der Waals surface area (Å²) in [5.41, 5.74) is 0.978. The van der Waals surface area contributed by atoms with Crippen molar-refractivity contribution >= 4 is 11.3 Å². The van der Waals surface area contributed by atoms with E-state index in [9.17, 15) is 13.2 Å². The van der Waals surface area contributed by atoms with Gasteiger partial charge in [-0.2, -0.15) is 13.2 Å². The average Bonchev–Trinajstić information content (AvgIpc) is 2.79. The standard InChI is InChI=1S/C14H15F3N2S/c1-8(18-3)12-9(2)19-13(20-12)10-4-6-11(7-5-10)14(15,16)17/h4-8,18H,1-3H3. The van der Waals surface area contributed by atoms with E-state index in [1.807, 2.05) is 20.9 Å². The predicted molar refractivity (Wildman–Crippen MR) is 74.8 cm³/mol. The van der Waals surface area contributed by atoms with Gasteiger partial charge < -0.3 is 5.32 Å². The summed E-state index contributed by atoms with van der Waals surface area (Å²) in [5.74, 6) is 0. The van der Waals surface area contributed by atoms with Crippen molar-refractivity contribution in [2.24, 2.45) is 0 Å². The van der Waals surface area contributed by atoms with Gasteiger partial charge in [0.2, 0.25) is 0 Å². The van der Waals surface area contributed by atoms with Crippen LogP contribution in [0.1, 0.15) is 29.1 Å². The Bertz CT molecular complexity index is 587. The van der Waals surface area contributed by atoms with E-state index in [1.165, 1.54) is 23.5 Å². The van der Waals surface area contributed by atoms with Gasteiger partial charge in [-0.15, -0.1) is 11.3 Å². The largest absolute Gasteiger partial charge is 0.416 e. The van der Waals surface area contributed by atoms with Crippen LogP contribution in [0.4, 0.5) is 13.2 Å². The third-order valence-corrected chi connectivity index (χ3v) is 4.51. The topological polar surface area (TPSA) is 24.9 Å². The molecule has 0 fully saturated rings. The number of benzene rings is 1. The molecule has 0 radical (unpaired) electrons. The van der Waals surface area contributed by atoms with Gasteiger partial charge in [0, 0.05) is 16.5 Å². The van der Waals surface area contributed by atoms with E-state index in [1.54, 1.807) is 0 Å². The molecule has 2 nitrogen and oxygen atoms in total. The summed E-state index contributed by atoms with van der Waals surface area (Å²) in [5, 5.41) is 3.88. The van der Waals surface area contributed by atoms with Gasteiger partial charge in [0.25, 0.3) is 0 Å². The van der Waals surface area contributed by atoms with Crippen LogP contribution in [-0.2, 0) is 6.18 Å². The average molecular weight is 300 g/mol. The molecule has 1 heterocycles. The number of aromatic nitrogens is 1. The first-order valence-corrected chi connectivity index (χ1v) is 6.96. The monoisotopic (exact) mass is 300 g/mol. The SMILES string of the molecule is CNC(C)c1sc(-c2ccc(C(F)(F)F)cc2)nc1C. The fourth-order valence-corrected chi connectivity index (χ4v) is 3.00. The molecule has 0 spiro atoms. The van der Waals surface area contributed by atoms with Gasteiger partial charge in [-0.05, 0) is 33.0 Å². The second kappa shape index (κ2) is 5.54. The fourth-order valence-electron chi connectivity index (χ4n) is 1.87. The number of halogens is 3. The molecular formula is C14H15F3N2S. The van der Waals surface area contributed by atoms with Crippen LogP contribution in [0.15, 0.2) is 24.3 Å². The Morgan fingerprint density at radius 1 is 1.20 bits per heavy atom. The summed E-state index contributed by atoms with van der Waals surface area (Å²) in [4.78, 5) is 5.54. The molecule has 2 rings (SSSR count). The van der Waals surface area contributed by atoms with E-state index in [4.69, 9.17) is 0 Å². The Balaban J connectivity index is 2.33. The van der Waals surface area contributed by atoms with Crippen LogP contribution in [0.5, 0.6) is 0 Å². The lowest BCUT2D eigenvalue weighted by atomic mass is 10.1. The molecule has 0 bridgehead atoms. The van der Waals surface area contributed by atoms with Gasteiger partial charge in [-0.3, -0.25) is 0 Å². The van der Waals surface area contributed by atoms with E-state index < -0.39 is 11.7 Å². The van der Waals surface area contributed by atoms with Gasteiger partial charge in [-0.25, -0.2) is 4.98 Å². The zero-order valence-corrected chi connectivity index (χ0v) is 12.2. The van der Waals surface area contributed by atoms with Crippen LogP contribution in [0, 0.1) is 6.92 Å². The fraction of sp³-hybridized carbons (Fsp3) is 0.357. The van der Waals surface area contributed by atoms with Crippen molar-refractivity contribution in [2.45, 2.75) is 26.1 Å². The van der Waals surface area contributed by atoms with Crippen LogP contribution in [-0.4, -0.2) is 12.0 Å². The molecule has 0 aliphatic rings. The van der Waals surface area contributed by atoms with Crippen molar-refractivity contribution in [3.63, 3.8) is 0 Å². The first-order valence-electron chi connectivity index (χ1n) is 6.15. The van der Waals surface area contributed by atoms with Crippen LogP contribution in [0.3, 0.4) is 0 Å². The van der Waals surface area contributed by atoms with Gasteiger partial charge in [0.05, 0.1) is 11.3 Å². The summed E-state index contributed by atoms with van der Waals surface area (Å²) in [6, 6.07) is 5.29. The van der Waals surface area contributed by atoms with Gasteiger partial charge >= 0.3 is 6.18 Å². The molecular weight excluding hydrogens is 285 g/mol. The van der Waals surface area contributed by atoms with Gasteiger partial charge in [-0.1, -0.05) is 12.1 Å². The summed E-state index contributed by atoms with van der Waals surface area (Å²) >= 11 is 1.50. The van der Waals surface area contributed by atoms with E-state index in [2.05, 4.69) is 10.3 Å². The van der Waals surface area contributed by atoms with Crippen molar-refractivity contribution in [1.29, 1.82) is 0 Å². The third-order valence-electron chi connectivity index (χ3n) is 3.12. The van der Waals surface area contributed by atoms with E-state index in [0.717, 1.165) is 27.7 Å². The minimum atomic E-state index is -4.30. The van der Waals surface area contributed by atoms with Crippen LogP contribution >= 0.6 is 11.3 Å². The first kappa shape index (κ1) is 15.0. The van der Waals surface area contributed by atoms with Gasteiger partial charge in [0.1, 0.15) is 5.01 Å². The highest BCUT2D eigenvalue weighted by Crippen LogP contribution is 2.34. The Labute approximate surface area is 119 Å². The summed E-state index contributed by atoms with van der Waals surface area (Å²) in [6.45, 7) is 3.93. The molecule has 108 valence electrons. The zero-order chi connectivity index (χ0) is 14.9. The number of alkyl halides is 3. The second-order valence-corrected chi connectivity index (χ2v) is 5.58. The molecule has 1 aromatic carbocycles. The number of nitrogens with one attached hydrogen (secondary N) is 1. The Morgan fingerprint density at radius 3 is 2.30 bits per heavy atom.